The van der Waals surface area contributed by atoms with Gasteiger partial charge in [0.15, 0.2) is 0 Å². The summed E-state index contributed by atoms with van der Waals surface area (Å²) in [5.74, 6) is 1.86. The lowest BCUT2D eigenvalue weighted by molar-refractivity contribution is 0.410. The standard InChI is InChI=1S/C15H21N3O/c1-4-11-8-12(5-6-14(11)19-3)13-9-17-15(18-13)7-10(2)16/h5-6,8-10H,4,7,16H2,1-3H3,(H,17,18). The summed E-state index contributed by atoms with van der Waals surface area (Å²) in [6.07, 6.45) is 3.56. The van der Waals surface area contributed by atoms with Crippen molar-refractivity contribution in [2.45, 2.75) is 32.7 Å². The molecule has 1 aromatic heterocycles. The summed E-state index contributed by atoms with van der Waals surface area (Å²) in [5.41, 5.74) is 9.12. The molecule has 0 fully saturated rings. The van der Waals surface area contributed by atoms with E-state index >= 15 is 0 Å². The first-order valence-corrected chi connectivity index (χ1v) is 6.60. The van der Waals surface area contributed by atoms with Crippen LogP contribution < -0.4 is 10.5 Å². The van der Waals surface area contributed by atoms with Crippen LogP contribution in [-0.2, 0) is 12.8 Å². The van der Waals surface area contributed by atoms with Gasteiger partial charge in [-0.25, -0.2) is 4.98 Å². The van der Waals surface area contributed by atoms with Crippen LogP contribution in [0.2, 0.25) is 0 Å². The zero-order valence-corrected chi connectivity index (χ0v) is 11.7. The van der Waals surface area contributed by atoms with Crippen LogP contribution in [0.5, 0.6) is 5.75 Å². The normalized spacial score (nSPS) is 12.4. The third-order valence-electron chi connectivity index (χ3n) is 3.12. The number of nitrogens with zero attached hydrogens (tertiary/aromatic N) is 1. The number of nitrogens with one attached hydrogen (secondary N) is 1. The van der Waals surface area contributed by atoms with Crippen LogP contribution in [0.25, 0.3) is 11.3 Å². The SMILES string of the molecule is CCc1cc(-c2cnc(CC(C)N)[nH]2)ccc1OC. The third kappa shape index (κ3) is 3.15. The van der Waals surface area contributed by atoms with Crippen molar-refractivity contribution >= 4 is 0 Å². The van der Waals surface area contributed by atoms with Gasteiger partial charge in [-0.2, -0.15) is 0 Å². The Morgan fingerprint density at radius 2 is 2.21 bits per heavy atom. The molecule has 1 aromatic carbocycles. The van der Waals surface area contributed by atoms with Gasteiger partial charge in [0, 0.05) is 18.0 Å². The largest absolute Gasteiger partial charge is 0.496 e. The Morgan fingerprint density at radius 1 is 1.42 bits per heavy atom. The van der Waals surface area contributed by atoms with Gasteiger partial charge in [0.2, 0.25) is 0 Å². The second-order valence-corrected chi connectivity index (χ2v) is 4.81. The molecule has 0 aliphatic rings. The molecular weight excluding hydrogens is 238 g/mol. The van der Waals surface area contributed by atoms with Gasteiger partial charge in [0.05, 0.1) is 19.0 Å². The fraction of sp³-hybridized carbons (Fsp3) is 0.400. The maximum atomic E-state index is 5.78. The van der Waals surface area contributed by atoms with Crippen LogP contribution in [-0.4, -0.2) is 23.1 Å². The molecule has 0 saturated carbocycles. The number of aryl methyl sites for hydroxylation is 1. The molecule has 0 spiro atoms. The molecular formula is C15H21N3O. The van der Waals surface area contributed by atoms with Crippen LogP contribution in [0, 0.1) is 0 Å². The van der Waals surface area contributed by atoms with Crippen LogP contribution in [0.15, 0.2) is 24.4 Å². The van der Waals surface area contributed by atoms with E-state index in [1.807, 2.05) is 25.3 Å². The minimum Gasteiger partial charge on any atom is -0.496 e. The average Bonchev–Trinajstić information content (AvgIpc) is 2.85. The number of methoxy groups -OCH3 is 1. The van der Waals surface area contributed by atoms with Gasteiger partial charge in [-0.05, 0) is 37.1 Å². The van der Waals surface area contributed by atoms with Gasteiger partial charge in [-0.1, -0.05) is 6.92 Å². The van der Waals surface area contributed by atoms with Crippen molar-refractivity contribution in [1.29, 1.82) is 0 Å². The minimum atomic E-state index is 0.112. The fourth-order valence-corrected chi connectivity index (χ4v) is 2.14. The number of imidazole rings is 1. The molecule has 19 heavy (non-hydrogen) atoms. The van der Waals surface area contributed by atoms with Gasteiger partial charge < -0.3 is 15.5 Å². The third-order valence-corrected chi connectivity index (χ3v) is 3.12. The molecule has 1 atom stereocenters. The number of rotatable bonds is 5. The Kier molecular flexibility index (Phi) is 4.22. The number of aromatic amines is 1. The second-order valence-electron chi connectivity index (χ2n) is 4.81. The number of benzene rings is 1. The van der Waals surface area contributed by atoms with E-state index in [-0.39, 0.29) is 6.04 Å². The highest BCUT2D eigenvalue weighted by atomic mass is 16.5. The maximum Gasteiger partial charge on any atom is 0.122 e. The van der Waals surface area contributed by atoms with E-state index < -0.39 is 0 Å². The van der Waals surface area contributed by atoms with E-state index in [0.29, 0.717) is 0 Å². The van der Waals surface area contributed by atoms with Crippen LogP contribution in [0.1, 0.15) is 25.2 Å². The first kappa shape index (κ1) is 13.6. The molecule has 2 rings (SSSR count). The molecule has 0 amide bonds. The fourth-order valence-electron chi connectivity index (χ4n) is 2.14. The van der Waals surface area contributed by atoms with E-state index in [0.717, 1.165) is 35.7 Å². The number of H-pyrrole nitrogens is 1. The maximum absolute atomic E-state index is 5.78. The van der Waals surface area contributed by atoms with E-state index in [9.17, 15) is 0 Å². The Bertz CT molecular complexity index is 546. The minimum absolute atomic E-state index is 0.112. The highest BCUT2D eigenvalue weighted by Gasteiger charge is 2.08. The molecule has 0 bridgehead atoms. The smallest absolute Gasteiger partial charge is 0.122 e. The summed E-state index contributed by atoms with van der Waals surface area (Å²) in [4.78, 5) is 7.68. The lowest BCUT2D eigenvalue weighted by Gasteiger charge is -2.08. The quantitative estimate of drug-likeness (QED) is 0.867. The van der Waals surface area contributed by atoms with Gasteiger partial charge in [-0.3, -0.25) is 0 Å². The van der Waals surface area contributed by atoms with Crippen molar-refractivity contribution in [3.8, 4) is 17.0 Å². The predicted molar refractivity (Wildman–Crippen MR) is 77.3 cm³/mol. The van der Waals surface area contributed by atoms with Crippen LogP contribution in [0.3, 0.4) is 0 Å². The Morgan fingerprint density at radius 3 is 2.84 bits per heavy atom. The van der Waals surface area contributed by atoms with Gasteiger partial charge >= 0.3 is 0 Å². The number of hydrogen-bond donors (Lipinski definition) is 2. The van der Waals surface area contributed by atoms with E-state index in [4.69, 9.17) is 10.5 Å². The number of aromatic nitrogens is 2. The molecule has 1 unspecified atom stereocenters. The summed E-state index contributed by atoms with van der Waals surface area (Å²) in [6, 6.07) is 6.30. The molecule has 0 aliphatic carbocycles. The van der Waals surface area contributed by atoms with E-state index in [2.05, 4.69) is 23.0 Å². The first-order chi connectivity index (χ1) is 9.13. The lowest BCUT2D eigenvalue weighted by atomic mass is 10.1. The van der Waals surface area contributed by atoms with Gasteiger partial charge in [-0.15, -0.1) is 0 Å². The summed E-state index contributed by atoms with van der Waals surface area (Å²) >= 11 is 0. The molecule has 2 aromatic rings. The second kappa shape index (κ2) is 5.89. The van der Waals surface area contributed by atoms with Crippen molar-refractivity contribution in [2.24, 2.45) is 5.73 Å². The van der Waals surface area contributed by atoms with Crippen molar-refractivity contribution in [3.63, 3.8) is 0 Å². The molecule has 0 radical (unpaired) electrons. The number of ether oxygens (including phenoxy) is 1. The van der Waals surface area contributed by atoms with E-state index in [1.54, 1.807) is 7.11 Å². The van der Waals surface area contributed by atoms with Gasteiger partial charge in [0.1, 0.15) is 11.6 Å². The Labute approximate surface area is 114 Å². The first-order valence-electron chi connectivity index (χ1n) is 6.60. The van der Waals surface area contributed by atoms with Crippen LogP contribution in [0.4, 0.5) is 0 Å². The molecule has 4 nitrogen and oxygen atoms in total. The Hall–Kier alpha value is -1.81. The monoisotopic (exact) mass is 259 g/mol. The molecule has 0 aliphatic heterocycles. The zero-order chi connectivity index (χ0) is 13.8. The van der Waals surface area contributed by atoms with Crippen molar-refractivity contribution in [3.05, 3.63) is 35.8 Å². The molecule has 1 heterocycles. The molecule has 102 valence electrons. The van der Waals surface area contributed by atoms with Crippen LogP contribution >= 0.6 is 0 Å². The number of hydrogen-bond acceptors (Lipinski definition) is 3. The van der Waals surface area contributed by atoms with Crippen molar-refractivity contribution in [2.75, 3.05) is 7.11 Å². The summed E-state index contributed by atoms with van der Waals surface area (Å²) in [5, 5.41) is 0. The zero-order valence-electron chi connectivity index (χ0n) is 11.7. The lowest BCUT2D eigenvalue weighted by Crippen LogP contribution is -2.18. The molecule has 4 heteroatoms. The average molecular weight is 259 g/mol. The topological polar surface area (TPSA) is 63.9 Å². The van der Waals surface area contributed by atoms with Crippen molar-refractivity contribution in [1.82, 2.24) is 9.97 Å². The summed E-state index contributed by atoms with van der Waals surface area (Å²) in [6.45, 7) is 4.10. The summed E-state index contributed by atoms with van der Waals surface area (Å²) < 4.78 is 5.34. The Balaban J connectivity index is 2.28. The highest BCUT2D eigenvalue weighted by molar-refractivity contribution is 5.61. The predicted octanol–water partition coefficient (Wildman–Crippen LogP) is 2.54. The molecule has 3 N–H and O–H groups in total. The highest BCUT2D eigenvalue weighted by Crippen LogP contribution is 2.26. The summed E-state index contributed by atoms with van der Waals surface area (Å²) in [7, 11) is 1.70. The molecule has 0 saturated heterocycles. The van der Waals surface area contributed by atoms with Crippen molar-refractivity contribution < 1.29 is 4.74 Å². The van der Waals surface area contributed by atoms with Gasteiger partial charge in [0.25, 0.3) is 0 Å². The van der Waals surface area contributed by atoms with E-state index in [1.165, 1.54) is 5.56 Å². The number of nitrogens with two attached hydrogens (primary N) is 1.